The van der Waals surface area contributed by atoms with Crippen LogP contribution < -0.4 is 4.74 Å². The van der Waals surface area contributed by atoms with Crippen molar-refractivity contribution in [1.29, 1.82) is 0 Å². The molecule has 2 aliphatic heterocycles. The van der Waals surface area contributed by atoms with Crippen LogP contribution in [-0.2, 0) is 24.0 Å². The lowest BCUT2D eigenvalue weighted by Gasteiger charge is -2.77. The monoisotopic (exact) mass is 426 g/mol. The van der Waals surface area contributed by atoms with Crippen LogP contribution in [0.2, 0.25) is 11.1 Å². The SMILES string of the molecule is COc1ccc(C23CC(B4OC(C)(C)C(C)(C)O4)(C2)C3B2OC(C)(C)C(C)(C)O2)cc1. The Balaban J connectivity index is 1.50. The Morgan fingerprint density at radius 3 is 1.65 bits per heavy atom. The third kappa shape index (κ3) is 2.67. The fourth-order valence-electron chi connectivity index (χ4n) is 6.10. The lowest BCUT2D eigenvalue weighted by molar-refractivity contribution is -0.0543. The second-order valence-electron chi connectivity index (χ2n) is 12.2. The van der Waals surface area contributed by atoms with Gasteiger partial charge in [-0.05, 0) is 91.3 Å². The predicted molar refractivity (Wildman–Crippen MR) is 123 cm³/mol. The van der Waals surface area contributed by atoms with Gasteiger partial charge in [0.1, 0.15) is 5.75 Å². The summed E-state index contributed by atoms with van der Waals surface area (Å²) in [6, 6.07) is 8.51. The van der Waals surface area contributed by atoms with Gasteiger partial charge >= 0.3 is 14.2 Å². The van der Waals surface area contributed by atoms with Crippen molar-refractivity contribution in [1.82, 2.24) is 0 Å². The van der Waals surface area contributed by atoms with Crippen LogP contribution in [0.15, 0.2) is 24.3 Å². The van der Waals surface area contributed by atoms with Crippen LogP contribution in [0.25, 0.3) is 0 Å². The molecule has 5 aliphatic rings. The van der Waals surface area contributed by atoms with E-state index >= 15 is 0 Å². The van der Waals surface area contributed by atoms with E-state index in [2.05, 4.69) is 79.7 Å². The first-order valence-corrected chi connectivity index (χ1v) is 11.6. The summed E-state index contributed by atoms with van der Waals surface area (Å²) >= 11 is 0. The summed E-state index contributed by atoms with van der Waals surface area (Å²) in [4.78, 5) is 0. The minimum atomic E-state index is -0.363. The maximum absolute atomic E-state index is 6.59. The molecule has 3 saturated carbocycles. The van der Waals surface area contributed by atoms with E-state index in [1.807, 2.05) is 0 Å². The summed E-state index contributed by atoms with van der Waals surface area (Å²) in [6.45, 7) is 17.0. The van der Waals surface area contributed by atoms with Gasteiger partial charge in [-0.3, -0.25) is 0 Å². The number of hydrogen-bond acceptors (Lipinski definition) is 5. The van der Waals surface area contributed by atoms with Gasteiger partial charge in [0.15, 0.2) is 0 Å². The molecule has 5 nitrogen and oxygen atoms in total. The molecule has 0 N–H and O–H groups in total. The molecule has 7 heteroatoms. The van der Waals surface area contributed by atoms with Crippen molar-refractivity contribution in [3.05, 3.63) is 29.8 Å². The fraction of sp³-hybridized carbons (Fsp3) is 0.750. The normalized spacial score (nSPS) is 38.5. The summed E-state index contributed by atoms with van der Waals surface area (Å²) < 4.78 is 31.7. The lowest BCUT2D eigenvalue weighted by Crippen LogP contribution is -2.74. The molecule has 3 aliphatic carbocycles. The van der Waals surface area contributed by atoms with Gasteiger partial charge in [-0.25, -0.2) is 0 Å². The molecule has 0 radical (unpaired) electrons. The van der Waals surface area contributed by atoms with Gasteiger partial charge in [0.2, 0.25) is 0 Å². The summed E-state index contributed by atoms with van der Waals surface area (Å²) in [6.07, 6.45) is 2.05. The Kier molecular flexibility index (Phi) is 4.30. The van der Waals surface area contributed by atoms with Crippen molar-refractivity contribution < 1.29 is 23.4 Å². The zero-order valence-electron chi connectivity index (χ0n) is 20.5. The number of hydrogen-bond donors (Lipinski definition) is 0. The molecular weight excluding hydrogens is 390 g/mol. The van der Waals surface area contributed by atoms with Gasteiger partial charge in [-0.15, -0.1) is 0 Å². The highest BCUT2D eigenvalue weighted by atomic mass is 16.7. The second kappa shape index (κ2) is 6.11. The predicted octanol–water partition coefficient (Wildman–Crippen LogP) is 5.04. The minimum absolute atomic E-state index is 0.0248. The minimum Gasteiger partial charge on any atom is -0.497 e. The quantitative estimate of drug-likeness (QED) is 0.632. The van der Waals surface area contributed by atoms with Gasteiger partial charge in [-0.2, -0.15) is 0 Å². The van der Waals surface area contributed by atoms with Crippen molar-refractivity contribution in [2.75, 3.05) is 7.11 Å². The van der Waals surface area contributed by atoms with E-state index in [1.54, 1.807) is 7.11 Å². The topological polar surface area (TPSA) is 46.2 Å². The molecule has 168 valence electrons. The van der Waals surface area contributed by atoms with Crippen molar-refractivity contribution in [3.63, 3.8) is 0 Å². The molecule has 2 heterocycles. The fourth-order valence-corrected chi connectivity index (χ4v) is 6.10. The number of benzene rings is 1. The van der Waals surface area contributed by atoms with Crippen molar-refractivity contribution in [2.45, 2.75) is 107 Å². The van der Waals surface area contributed by atoms with E-state index in [-0.39, 0.29) is 53.2 Å². The maximum atomic E-state index is 6.59. The van der Waals surface area contributed by atoms with Gasteiger partial charge in [0.25, 0.3) is 0 Å². The van der Waals surface area contributed by atoms with Crippen LogP contribution >= 0.6 is 0 Å². The first-order chi connectivity index (χ1) is 14.2. The van der Waals surface area contributed by atoms with Gasteiger partial charge in [-0.1, -0.05) is 12.1 Å². The van der Waals surface area contributed by atoms with Crippen LogP contribution in [0.5, 0.6) is 5.75 Å². The lowest BCUT2D eigenvalue weighted by atomic mass is 9.12. The molecular formula is C24H36B2O5. The number of rotatable bonds is 4. The molecule has 0 amide bonds. The molecule has 6 rings (SSSR count). The standard InChI is InChI=1S/C24H36B2O5/c1-19(2)20(3,4)29-25(28-19)18-23(16-10-12-17(27-9)13-11-16)14-24(18,15-23)26-30-21(5,6)22(7,8)31-26/h10-13,18H,14-15H2,1-9H3. The van der Waals surface area contributed by atoms with Crippen molar-refractivity contribution in [3.8, 4) is 5.75 Å². The third-order valence-corrected chi connectivity index (χ3v) is 9.44. The summed E-state index contributed by atoms with van der Waals surface area (Å²) in [7, 11) is 1.17. The molecule has 1 aromatic carbocycles. The first-order valence-electron chi connectivity index (χ1n) is 11.6. The highest BCUT2D eigenvalue weighted by Gasteiger charge is 2.86. The van der Waals surface area contributed by atoms with Crippen LogP contribution in [0.3, 0.4) is 0 Å². The Hall–Kier alpha value is -1.01. The van der Waals surface area contributed by atoms with E-state index in [1.165, 1.54) is 5.56 Å². The highest BCUT2D eigenvalue weighted by Crippen LogP contribution is 2.88. The smallest absolute Gasteiger partial charge is 0.464 e. The molecule has 5 fully saturated rings. The molecule has 0 spiro atoms. The Bertz CT molecular complexity index is 854. The van der Waals surface area contributed by atoms with E-state index in [0.717, 1.165) is 18.6 Å². The first kappa shape index (κ1) is 21.8. The van der Waals surface area contributed by atoms with E-state index in [0.29, 0.717) is 0 Å². The second-order valence-corrected chi connectivity index (χ2v) is 12.2. The molecule has 1 aromatic rings. The Morgan fingerprint density at radius 2 is 1.19 bits per heavy atom. The number of methoxy groups -OCH3 is 1. The maximum Gasteiger partial charge on any atom is 0.464 e. The molecule has 2 saturated heterocycles. The summed E-state index contributed by atoms with van der Waals surface area (Å²) in [5, 5.41) is -0.0911. The zero-order chi connectivity index (χ0) is 22.7. The largest absolute Gasteiger partial charge is 0.497 e. The number of ether oxygens (including phenoxy) is 1. The Labute approximate surface area is 187 Å². The summed E-state index contributed by atoms with van der Waals surface area (Å²) in [5.41, 5.74) is -0.0689. The summed E-state index contributed by atoms with van der Waals surface area (Å²) in [5.74, 6) is 1.06. The zero-order valence-corrected chi connectivity index (χ0v) is 20.5. The van der Waals surface area contributed by atoms with Crippen LogP contribution in [0, 0.1) is 0 Å². The van der Waals surface area contributed by atoms with E-state index < -0.39 is 0 Å². The van der Waals surface area contributed by atoms with Gasteiger partial charge in [0, 0.05) is 11.1 Å². The third-order valence-electron chi connectivity index (χ3n) is 9.44. The highest BCUT2D eigenvalue weighted by molar-refractivity contribution is 6.59. The van der Waals surface area contributed by atoms with Gasteiger partial charge in [0.05, 0.1) is 29.5 Å². The average molecular weight is 426 g/mol. The van der Waals surface area contributed by atoms with Crippen molar-refractivity contribution >= 4 is 14.2 Å². The molecule has 1 unspecified atom stereocenters. The van der Waals surface area contributed by atoms with Crippen LogP contribution in [0.1, 0.15) is 73.8 Å². The molecule has 1 atom stereocenters. The molecule has 2 bridgehead atoms. The van der Waals surface area contributed by atoms with Crippen molar-refractivity contribution in [2.24, 2.45) is 0 Å². The van der Waals surface area contributed by atoms with E-state index in [4.69, 9.17) is 23.4 Å². The molecule has 31 heavy (non-hydrogen) atoms. The van der Waals surface area contributed by atoms with Crippen LogP contribution in [-0.4, -0.2) is 43.8 Å². The van der Waals surface area contributed by atoms with E-state index in [9.17, 15) is 0 Å². The Morgan fingerprint density at radius 1 is 0.742 bits per heavy atom. The average Bonchev–Trinajstić information content (AvgIpc) is 2.92. The van der Waals surface area contributed by atoms with Crippen LogP contribution in [0.4, 0.5) is 0 Å². The van der Waals surface area contributed by atoms with Gasteiger partial charge < -0.3 is 23.4 Å². The molecule has 0 aromatic heterocycles.